The Morgan fingerprint density at radius 3 is 2.31 bits per heavy atom. The zero-order valence-corrected chi connectivity index (χ0v) is 8.88. The van der Waals surface area contributed by atoms with Gasteiger partial charge in [0.1, 0.15) is 6.10 Å². The summed E-state index contributed by atoms with van der Waals surface area (Å²) in [6.07, 6.45) is 6.15. The highest BCUT2D eigenvalue weighted by Crippen LogP contribution is 2.07. The fourth-order valence-electron chi connectivity index (χ4n) is 1.30. The number of carbonyl (C=O) groups excluding carboxylic acids is 1. The van der Waals surface area contributed by atoms with Gasteiger partial charge in [0, 0.05) is 6.42 Å². The number of hydrogen-bond donors (Lipinski definition) is 1. The number of aliphatic hydroxyl groups is 1. The van der Waals surface area contributed by atoms with Crippen LogP contribution in [0, 0.1) is 0 Å². The molecule has 78 valence electrons. The molecular formula is C11H22O2. The Hall–Kier alpha value is -0.370. The molecule has 0 aliphatic carbocycles. The van der Waals surface area contributed by atoms with Gasteiger partial charge < -0.3 is 5.11 Å². The van der Waals surface area contributed by atoms with Crippen molar-refractivity contribution in [3.05, 3.63) is 0 Å². The summed E-state index contributed by atoms with van der Waals surface area (Å²) in [5, 5.41) is 9.18. The standard InChI is InChI=1S/C11H22O2/c1-3-5-6-7-8-9-11(13)10(12)4-2/h10,12H,3-9H2,1-2H3/t10-/m1/s1. The molecule has 0 saturated carbocycles. The first-order chi connectivity index (χ1) is 6.22. The molecule has 1 N–H and O–H groups in total. The number of rotatable bonds is 8. The van der Waals surface area contributed by atoms with Gasteiger partial charge in [0.05, 0.1) is 0 Å². The molecule has 0 radical (unpaired) electrons. The van der Waals surface area contributed by atoms with Gasteiger partial charge in [-0.05, 0) is 12.8 Å². The topological polar surface area (TPSA) is 37.3 Å². The fraction of sp³-hybridized carbons (Fsp3) is 0.909. The zero-order chi connectivity index (χ0) is 10.1. The minimum Gasteiger partial charge on any atom is -0.385 e. The second-order valence-electron chi connectivity index (χ2n) is 3.55. The third-order valence-electron chi connectivity index (χ3n) is 2.29. The Morgan fingerprint density at radius 2 is 1.77 bits per heavy atom. The Morgan fingerprint density at radius 1 is 1.15 bits per heavy atom. The van der Waals surface area contributed by atoms with Gasteiger partial charge in [-0.2, -0.15) is 0 Å². The van der Waals surface area contributed by atoms with Crippen LogP contribution in [0.4, 0.5) is 0 Å². The summed E-state index contributed by atoms with van der Waals surface area (Å²) < 4.78 is 0. The molecule has 2 heteroatoms. The van der Waals surface area contributed by atoms with E-state index in [4.69, 9.17) is 0 Å². The second kappa shape index (κ2) is 8.24. The predicted octanol–water partition coefficient (Wildman–Crippen LogP) is 2.69. The van der Waals surface area contributed by atoms with Gasteiger partial charge in [-0.15, -0.1) is 0 Å². The highest BCUT2D eigenvalue weighted by molar-refractivity contribution is 5.82. The molecule has 0 aliphatic rings. The monoisotopic (exact) mass is 186 g/mol. The molecule has 0 unspecified atom stereocenters. The molecule has 0 bridgehead atoms. The van der Waals surface area contributed by atoms with Crippen molar-refractivity contribution < 1.29 is 9.90 Å². The van der Waals surface area contributed by atoms with Crippen LogP contribution in [-0.2, 0) is 4.79 Å². The van der Waals surface area contributed by atoms with Gasteiger partial charge in [0.25, 0.3) is 0 Å². The highest BCUT2D eigenvalue weighted by Gasteiger charge is 2.10. The van der Waals surface area contributed by atoms with E-state index in [1.165, 1.54) is 19.3 Å². The van der Waals surface area contributed by atoms with Gasteiger partial charge in [0.2, 0.25) is 0 Å². The summed E-state index contributed by atoms with van der Waals surface area (Å²) in [4.78, 5) is 11.2. The van der Waals surface area contributed by atoms with Crippen LogP contribution in [0.3, 0.4) is 0 Å². The fourth-order valence-corrected chi connectivity index (χ4v) is 1.30. The summed E-state index contributed by atoms with van der Waals surface area (Å²) >= 11 is 0. The quantitative estimate of drug-likeness (QED) is 0.592. The van der Waals surface area contributed by atoms with E-state index in [1.54, 1.807) is 0 Å². The zero-order valence-electron chi connectivity index (χ0n) is 8.88. The van der Waals surface area contributed by atoms with Crippen LogP contribution in [0.2, 0.25) is 0 Å². The lowest BCUT2D eigenvalue weighted by Gasteiger charge is -2.05. The van der Waals surface area contributed by atoms with Crippen molar-refractivity contribution in [3.63, 3.8) is 0 Å². The molecule has 1 atom stereocenters. The Bertz CT molecular complexity index is 132. The van der Waals surface area contributed by atoms with Crippen LogP contribution in [0.5, 0.6) is 0 Å². The summed E-state index contributed by atoms with van der Waals surface area (Å²) in [6, 6.07) is 0. The van der Waals surface area contributed by atoms with E-state index in [9.17, 15) is 9.90 Å². The van der Waals surface area contributed by atoms with Gasteiger partial charge in [-0.3, -0.25) is 4.79 Å². The minimum absolute atomic E-state index is 0.0130. The summed E-state index contributed by atoms with van der Waals surface area (Å²) in [6.45, 7) is 4.01. The summed E-state index contributed by atoms with van der Waals surface area (Å²) in [5.74, 6) is 0.0130. The number of aliphatic hydroxyl groups excluding tert-OH is 1. The Balaban J connectivity index is 3.27. The SMILES string of the molecule is CCCCCCCC(=O)[C@H](O)CC. The summed E-state index contributed by atoms with van der Waals surface area (Å²) in [7, 11) is 0. The number of ketones is 1. The highest BCUT2D eigenvalue weighted by atomic mass is 16.3. The van der Waals surface area contributed by atoms with Crippen LogP contribution >= 0.6 is 0 Å². The van der Waals surface area contributed by atoms with Gasteiger partial charge in [-0.25, -0.2) is 0 Å². The molecule has 0 aromatic carbocycles. The molecule has 0 spiro atoms. The van der Waals surface area contributed by atoms with Crippen molar-refractivity contribution >= 4 is 5.78 Å². The van der Waals surface area contributed by atoms with Crippen LogP contribution in [0.1, 0.15) is 58.8 Å². The molecule has 0 saturated heterocycles. The largest absolute Gasteiger partial charge is 0.385 e. The van der Waals surface area contributed by atoms with Crippen molar-refractivity contribution in [1.29, 1.82) is 0 Å². The molecule has 0 amide bonds. The van der Waals surface area contributed by atoms with Gasteiger partial charge in [0.15, 0.2) is 5.78 Å². The first-order valence-electron chi connectivity index (χ1n) is 5.43. The van der Waals surface area contributed by atoms with Crippen molar-refractivity contribution in [2.75, 3.05) is 0 Å². The number of Topliss-reactive ketones (excluding diaryl/α,β-unsaturated/α-hetero) is 1. The molecule has 2 nitrogen and oxygen atoms in total. The van der Waals surface area contributed by atoms with Crippen molar-refractivity contribution in [3.8, 4) is 0 Å². The maximum atomic E-state index is 11.2. The third kappa shape index (κ3) is 6.76. The van der Waals surface area contributed by atoms with E-state index in [2.05, 4.69) is 6.92 Å². The van der Waals surface area contributed by atoms with Gasteiger partial charge in [-0.1, -0.05) is 39.5 Å². The first kappa shape index (κ1) is 12.6. The molecule has 0 rings (SSSR count). The number of unbranched alkanes of at least 4 members (excludes halogenated alkanes) is 4. The summed E-state index contributed by atoms with van der Waals surface area (Å²) in [5.41, 5.74) is 0. The van der Waals surface area contributed by atoms with Crippen molar-refractivity contribution in [2.24, 2.45) is 0 Å². The van der Waals surface area contributed by atoms with E-state index >= 15 is 0 Å². The van der Waals surface area contributed by atoms with Crippen LogP contribution in [-0.4, -0.2) is 17.0 Å². The first-order valence-corrected chi connectivity index (χ1v) is 5.43. The Kier molecular flexibility index (Phi) is 8.00. The van der Waals surface area contributed by atoms with E-state index in [0.29, 0.717) is 12.8 Å². The van der Waals surface area contributed by atoms with E-state index < -0.39 is 6.10 Å². The molecule has 0 aromatic heterocycles. The van der Waals surface area contributed by atoms with E-state index in [-0.39, 0.29) is 5.78 Å². The smallest absolute Gasteiger partial charge is 0.161 e. The van der Waals surface area contributed by atoms with Crippen molar-refractivity contribution in [1.82, 2.24) is 0 Å². The van der Waals surface area contributed by atoms with Crippen LogP contribution in [0.25, 0.3) is 0 Å². The molecule has 13 heavy (non-hydrogen) atoms. The average Bonchev–Trinajstić information content (AvgIpc) is 2.16. The average molecular weight is 186 g/mol. The molecule has 0 fully saturated rings. The Labute approximate surface area is 81.3 Å². The lowest BCUT2D eigenvalue weighted by Crippen LogP contribution is -2.18. The lowest BCUT2D eigenvalue weighted by atomic mass is 10.0. The second-order valence-corrected chi connectivity index (χ2v) is 3.55. The number of carbonyl (C=O) groups is 1. The van der Waals surface area contributed by atoms with Crippen LogP contribution < -0.4 is 0 Å². The lowest BCUT2D eigenvalue weighted by molar-refractivity contribution is -0.127. The molecule has 0 aliphatic heterocycles. The molecular weight excluding hydrogens is 164 g/mol. The minimum atomic E-state index is -0.717. The van der Waals surface area contributed by atoms with Crippen LogP contribution in [0.15, 0.2) is 0 Å². The predicted molar refractivity (Wildman–Crippen MR) is 54.7 cm³/mol. The van der Waals surface area contributed by atoms with E-state index in [0.717, 1.165) is 12.8 Å². The normalized spacial score (nSPS) is 12.8. The van der Waals surface area contributed by atoms with Crippen molar-refractivity contribution in [2.45, 2.75) is 64.9 Å². The molecule has 0 aromatic rings. The third-order valence-corrected chi connectivity index (χ3v) is 2.29. The maximum absolute atomic E-state index is 11.2. The maximum Gasteiger partial charge on any atom is 0.161 e. The molecule has 0 heterocycles. The number of hydrogen-bond acceptors (Lipinski definition) is 2. The van der Waals surface area contributed by atoms with Gasteiger partial charge >= 0.3 is 0 Å². The van der Waals surface area contributed by atoms with E-state index in [1.807, 2.05) is 6.92 Å².